The number of carboxylic acids is 1. The van der Waals surface area contributed by atoms with Gasteiger partial charge in [0.1, 0.15) is 0 Å². The van der Waals surface area contributed by atoms with Gasteiger partial charge >= 0.3 is 5.97 Å². The van der Waals surface area contributed by atoms with Gasteiger partial charge in [0, 0.05) is 4.88 Å². The van der Waals surface area contributed by atoms with Crippen LogP contribution in [0.2, 0.25) is 0 Å². The molecule has 1 rings (SSSR count). The predicted octanol–water partition coefficient (Wildman–Crippen LogP) is 3.27. The largest absolute Gasteiger partial charge is 0.481 e. The molecule has 0 spiro atoms. The molecule has 4 heteroatoms. The van der Waals surface area contributed by atoms with Crippen LogP contribution in [0.4, 0.5) is 0 Å². The summed E-state index contributed by atoms with van der Waals surface area (Å²) in [7, 11) is 0. The number of thiophene rings is 1. The van der Waals surface area contributed by atoms with Crippen LogP contribution in [0.1, 0.15) is 24.6 Å². The molecule has 14 heavy (non-hydrogen) atoms. The summed E-state index contributed by atoms with van der Waals surface area (Å²) in [6, 6.07) is 4.12. The maximum Gasteiger partial charge on any atom is 0.303 e. The van der Waals surface area contributed by atoms with E-state index in [1.54, 1.807) is 11.3 Å². The van der Waals surface area contributed by atoms with Gasteiger partial charge in [0.2, 0.25) is 0 Å². The summed E-state index contributed by atoms with van der Waals surface area (Å²) in [5.41, 5.74) is 0. The van der Waals surface area contributed by atoms with Gasteiger partial charge in [-0.2, -0.15) is 0 Å². The van der Waals surface area contributed by atoms with E-state index >= 15 is 0 Å². The first-order valence-electron chi connectivity index (χ1n) is 4.65. The third-order valence-electron chi connectivity index (χ3n) is 1.67. The first-order chi connectivity index (χ1) is 6.72. The van der Waals surface area contributed by atoms with Crippen LogP contribution in [-0.4, -0.2) is 16.8 Å². The molecule has 0 aliphatic rings. The Morgan fingerprint density at radius 2 is 2.36 bits per heavy atom. The van der Waals surface area contributed by atoms with Crippen LogP contribution >= 0.6 is 23.1 Å². The minimum Gasteiger partial charge on any atom is -0.481 e. The monoisotopic (exact) mass is 230 g/mol. The molecule has 2 nitrogen and oxygen atoms in total. The van der Waals surface area contributed by atoms with Crippen molar-refractivity contribution in [3.63, 3.8) is 0 Å². The second kappa shape index (κ2) is 6.09. The highest BCUT2D eigenvalue weighted by Crippen LogP contribution is 2.28. The Bertz CT molecular complexity index is 294. The molecule has 0 amide bonds. The lowest BCUT2D eigenvalue weighted by Crippen LogP contribution is -1.95. The molecule has 1 N–H and O–H groups in total. The molecule has 0 fully saturated rings. The van der Waals surface area contributed by atoms with Gasteiger partial charge < -0.3 is 5.11 Å². The molecule has 78 valence electrons. The minimum absolute atomic E-state index is 0.235. The molecule has 0 unspecified atom stereocenters. The van der Waals surface area contributed by atoms with E-state index in [9.17, 15) is 4.79 Å². The van der Waals surface area contributed by atoms with Gasteiger partial charge in [-0.15, -0.1) is 23.1 Å². The fraction of sp³-hybridized carbons (Fsp3) is 0.500. The summed E-state index contributed by atoms with van der Waals surface area (Å²) >= 11 is 3.56. The molecule has 0 aliphatic carbocycles. The smallest absolute Gasteiger partial charge is 0.303 e. The molecule has 0 bridgehead atoms. The van der Waals surface area contributed by atoms with Gasteiger partial charge in [-0.1, -0.05) is 6.92 Å². The number of rotatable bonds is 6. The summed E-state index contributed by atoms with van der Waals surface area (Å²) in [4.78, 5) is 11.5. The fourth-order valence-electron chi connectivity index (χ4n) is 1.00. The molecule has 1 heterocycles. The van der Waals surface area contributed by atoms with Crippen molar-refractivity contribution in [1.29, 1.82) is 0 Å². The Morgan fingerprint density at radius 1 is 1.57 bits per heavy atom. The van der Waals surface area contributed by atoms with Crippen LogP contribution in [0.3, 0.4) is 0 Å². The minimum atomic E-state index is -0.721. The maximum atomic E-state index is 10.4. The summed E-state index contributed by atoms with van der Waals surface area (Å²) in [5.74, 6) is 0.417. The van der Waals surface area contributed by atoms with Crippen molar-refractivity contribution in [3.05, 3.63) is 17.0 Å². The molecule has 0 saturated carbocycles. The molecule has 0 aromatic carbocycles. The summed E-state index contributed by atoms with van der Waals surface area (Å²) in [6.07, 6.45) is 2.07. The van der Waals surface area contributed by atoms with Gasteiger partial charge in [-0.3, -0.25) is 4.79 Å². The first-order valence-corrected chi connectivity index (χ1v) is 6.46. The Hall–Kier alpha value is -0.480. The van der Waals surface area contributed by atoms with Crippen molar-refractivity contribution in [2.45, 2.75) is 30.4 Å². The molecular weight excluding hydrogens is 216 g/mol. The van der Waals surface area contributed by atoms with Crippen molar-refractivity contribution in [3.8, 4) is 0 Å². The Morgan fingerprint density at radius 3 is 3.00 bits per heavy atom. The normalized spacial score (nSPS) is 10.4. The van der Waals surface area contributed by atoms with Crippen molar-refractivity contribution >= 4 is 29.1 Å². The first kappa shape index (κ1) is 11.6. The highest BCUT2D eigenvalue weighted by molar-refractivity contribution is 8.01. The summed E-state index contributed by atoms with van der Waals surface area (Å²) in [5, 5.41) is 8.52. The van der Waals surface area contributed by atoms with Crippen LogP contribution in [0.25, 0.3) is 0 Å². The number of hydrogen-bond acceptors (Lipinski definition) is 3. The Labute approximate surface area is 92.3 Å². The van der Waals surface area contributed by atoms with Crippen LogP contribution in [0, 0.1) is 0 Å². The van der Waals surface area contributed by atoms with E-state index in [1.165, 1.54) is 15.5 Å². The van der Waals surface area contributed by atoms with Crippen molar-refractivity contribution < 1.29 is 9.90 Å². The van der Waals surface area contributed by atoms with E-state index in [2.05, 4.69) is 13.0 Å². The molecule has 0 radical (unpaired) electrons. The van der Waals surface area contributed by atoms with E-state index in [-0.39, 0.29) is 6.42 Å². The number of aryl methyl sites for hydroxylation is 1. The topological polar surface area (TPSA) is 37.3 Å². The van der Waals surface area contributed by atoms with Crippen molar-refractivity contribution in [2.75, 3.05) is 5.75 Å². The third-order valence-corrected chi connectivity index (χ3v) is 4.25. The van der Waals surface area contributed by atoms with Crippen LogP contribution in [-0.2, 0) is 11.2 Å². The quantitative estimate of drug-likeness (QED) is 0.762. The van der Waals surface area contributed by atoms with Gasteiger partial charge in [-0.25, -0.2) is 0 Å². The average molecular weight is 230 g/mol. The number of aliphatic carboxylic acids is 1. The van der Waals surface area contributed by atoms with Crippen molar-refractivity contribution in [1.82, 2.24) is 0 Å². The molecule has 1 aromatic heterocycles. The lowest BCUT2D eigenvalue weighted by atomic mass is 10.3. The maximum absolute atomic E-state index is 10.4. The van der Waals surface area contributed by atoms with Crippen molar-refractivity contribution in [2.24, 2.45) is 0 Å². The highest BCUT2D eigenvalue weighted by atomic mass is 32.2. The summed E-state index contributed by atoms with van der Waals surface area (Å²) in [6.45, 7) is 2.16. The second-order valence-electron chi connectivity index (χ2n) is 2.96. The second-order valence-corrected chi connectivity index (χ2v) is 5.53. The van der Waals surface area contributed by atoms with Gasteiger partial charge in [0.15, 0.2) is 0 Å². The molecule has 1 aromatic rings. The highest BCUT2D eigenvalue weighted by Gasteiger charge is 2.03. The molecular formula is C10H14O2S2. The zero-order chi connectivity index (χ0) is 10.4. The van der Waals surface area contributed by atoms with Gasteiger partial charge in [0.25, 0.3) is 0 Å². The zero-order valence-electron chi connectivity index (χ0n) is 8.16. The molecule has 0 saturated heterocycles. The number of hydrogen-bond donors (Lipinski definition) is 1. The number of thioether (sulfide) groups is 1. The van der Waals surface area contributed by atoms with Crippen LogP contribution < -0.4 is 0 Å². The summed E-state index contributed by atoms with van der Waals surface area (Å²) < 4.78 is 1.30. The average Bonchev–Trinajstić information content (AvgIpc) is 2.59. The lowest BCUT2D eigenvalue weighted by Gasteiger charge is -1.93. The van der Waals surface area contributed by atoms with Gasteiger partial charge in [-0.05, 0) is 30.7 Å². The van der Waals surface area contributed by atoms with E-state index in [0.717, 1.165) is 5.75 Å². The molecule has 0 aliphatic heterocycles. The SMILES string of the molecule is CCCSc1ccc(CCC(=O)O)s1. The zero-order valence-corrected chi connectivity index (χ0v) is 9.79. The number of carbonyl (C=O) groups is 1. The lowest BCUT2D eigenvalue weighted by molar-refractivity contribution is -0.136. The fourth-order valence-corrected chi connectivity index (χ4v) is 3.11. The van der Waals surface area contributed by atoms with E-state index in [0.29, 0.717) is 6.42 Å². The predicted molar refractivity (Wildman–Crippen MR) is 61.3 cm³/mol. The number of carboxylic acid groups (broad SMARTS) is 1. The van der Waals surface area contributed by atoms with E-state index < -0.39 is 5.97 Å². The van der Waals surface area contributed by atoms with E-state index in [4.69, 9.17) is 5.11 Å². The van der Waals surface area contributed by atoms with E-state index in [1.807, 2.05) is 17.8 Å². The molecule has 0 atom stereocenters. The van der Waals surface area contributed by atoms with Crippen LogP contribution in [0.15, 0.2) is 16.3 Å². The van der Waals surface area contributed by atoms with Gasteiger partial charge in [0.05, 0.1) is 10.6 Å². The standard InChI is InChI=1S/C10H14O2S2/c1-2-7-13-10-6-4-8(14-10)3-5-9(11)12/h4,6H,2-3,5,7H2,1H3,(H,11,12). The Balaban J connectivity index is 2.38. The van der Waals surface area contributed by atoms with Crippen LogP contribution in [0.5, 0.6) is 0 Å². The Kier molecular flexibility index (Phi) is 5.04. The third kappa shape index (κ3) is 4.15.